The number of ketones is 1. The highest BCUT2D eigenvalue weighted by molar-refractivity contribution is 6.31. The van der Waals surface area contributed by atoms with Gasteiger partial charge in [-0.1, -0.05) is 30.7 Å². The number of carbonyl (C=O) groups excluding carboxylic acids is 3. The lowest BCUT2D eigenvalue weighted by Gasteiger charge is -2.39. The number of hydrogen-bond acceptors (Lipinski definition) is 5. The number of amides is 2. The molecule has 2 saturated heterocycles. The molecule has 2 amide bonds. The first kappa shape index (κ1) is 24.4. The van der Waals surface area contributed by atoms with Crippen LogP contribution >= 0.6 is 11.6 Å². The molecular formula is C26H31ClN4O3. The molecule has 3 heterocycles. The smallest absolute Gasteiger partial charge is 0.248 e. The van der Waals surface area contributed by atoms with E-state index in [1.54, 1.807) is 24.0 Å². The Morgan fingerprint density at radius 1 is 1.15 bits per heavy atom. The van der Waals surface area contributed by atoms with Crippen molar-refractivity contribution in [1.82, 2.24) is 14.8 Å². The number of piperidine rings is 1. The number of anilines is 1. The van der Waals surface area contributed by atoms with Crippen LogP contribution in [0.5, 0.6) is 0 Å². The quantitative estimate of drug-likeness (QED) is 0.597. The summed E-state index contributed by atoms with van der Waals surface area (Å²) in [6, 6.07) is 8.91. The first-order chi connectivity index (χ1) is 16.4. The van der Waals surface area contributed by atoms with Crippen molar-refractivity contribution in [2.75, 3.05) is 18.4 Å². The van der Waals surface area contributed by atoms with Crippen LogP contribution in [0.2, 0.25) is 5.02 Å². The van der Waals surface area contributed by atoms with E-state index in [1.165, 1.54) is 11.8 Å². The van der Waals surface area contributed by atoms with Gasteiger partial charge in [0.15, 0.2) is 5.78 Å². The fourth-order valence-corrected chi connectivity index (χ4v) is 5.04. The number of Topliss-reactive ketones (excluding diaryl/α,β-unsaturated/α-hetero) is 1. The number of carbonyl (C=O) groups is 3. The van der Waals surface area contributed by atoms with Gasteiger partial charge in [0, 0.05) is 55.3 Å². The summed E-state index contributed by atoms with van der Waals surface area (Å²) in [7, 11) is 0. The van der Waals surface area contributed by atoms with Crippen LogP contribution in [0.25, 0.3) is 0 Å². The molecule has 0 aliphatic carbocycles. The number of halogens is 1. The molecule has 0 saturated carbocycles. The van der Waals surface area contributed by atoms with Gasteiger partial charge >= 0.3 is 0 Å². The Kier molecular flexibility index (Phi) is 7.63. The number of benzene rings is 1. The SMILES string of the molecule is CCC(=O)c1ccnc(NC(=O)[C@H]2CCC(=O)N2C2CCN(Cc3ccc(Cl)c(C)c3)CC2)c1. The van der Waals surface area contributed by atoms with Gasteiger partial charge in [0.25, 0.3) is 0 Å². The van der Waals surface area contributed by atoms with Crippen LogP contribution in [-0.2, 0) is 16.1 Å². The highest BCUT2D eigenvalue weighted by Crippen LogP contribution is 2.29. The van der Waals surface area contributed by atoms with Crippen LogP contribution < -0.4 is 5.32 Å². The Labute approximate surface area is 205 Å². The molecule has 8 heteroatoms. The van der Waals surface area contributed by atoms with Crippen molar-refractivity contribution in [3.05, 3.63) is 58.2 Å². The number of pyridine rings is 1. The lowest BCUT2D eigenvalue weighted by Crippen LogP contribution is -2.51. The Morgan fingerprint density at radius 3 is 2.62 bits per heavy atom. The van der Waals surface area contributed by atoms with Gasteiger partial charge in [0.1, 0.15) is 11.9 Å². The van der Waals surface area contributed by atoms with Gasteiger partial charge in [-0.05, 0) is 55.5 Å². The molecule has 0 bridgehead atoms. The van der Waals surface area contributed by atoms with E-state index in [2.05, 4.69) is 27.3 Å². The molecule has 0 unspecified atom stereocenters. The van der Waals surface area contributed by atoms with Crippen LogP contribution in [0.15, 0.2) is 36.5 Å². The first-order valence-electron chi connectivity index (χ1n) is 11.9. The van der Waals surface area contributed by atoms with Gasteiger partial charge in [0.05, 0.1) is 0 Å². The van der Waals surface area contributed by atoms with Crippen LogP contribution in [-0.4, -0.2) is 57.6 Å². The van der Waals surface area contributed by atoms with Crippen LogP contribution in [0, 0.1) is 6.92 Å². The van der Waals surface area contributed by atoms with Gasteiger partial charge in [-0.3, -0.25) is 19.3 Å². The second kappa shape index (κ2) is 10.7. The molecule has 7 nitrogen and oxygen atoms in total. The van der Waals surface area contributed by atoms with Crippen molar-refractivity contribution >= 4 is 35.0 Å². The first-order valence-corrected chi connectivity index (χ1v) is 12.3. The minimum absolute atomic E-state index is 0.00362. The maximum Gasteiger partial charge on any atom is 0.248 e. The van der Waals surface area contributed by atoms with Crippen LogP contribution in [0.1, 0.15) is 60.5 Å². The van der Waals surface area contributed by atoms with E-state index in [1.807, 2.05) is 13.0 Å². The third-order valence-electron chi connectivity index (χ3n) is 6.79. The number of likely N-dealkylation sites (tertiary alicyclic amines) is 2. The highest BCUT2D eigenvalue weighted by Gasteiger charge is 2.41. The number of aromatic nitrogens is 1. The van der Waals surface area contributed by atoms with Gasteiger partial charge < -0.3 is 10.2 Å². The Bertz CT molecular complexity index is 1080. The van der Waals surface area contributed by atoms with E-state index in [0.717, 1.165) is 43.1 Å². The van der Waals surface area contributed by atoms with E-state index >= 15 is 0 Å². The summed E-state index contributed by atoms with van der Waals surface area (Å²) in [6.45, 7) is 6.39. The fourth-order valence-electron chi connectivity index (χ4n) is 4.92. The van der Waals surface area contributed by atoms with E-state index in [-0.39, 0.29) is 23.6 Å². The zero-order chi connectivity index (χ0) is 24.2. The summed E-state index contributed by atoms with van der Waals surface area (Å²) in [5.74, 6) is 0.140. The van der Waals surface area contributed by atoms with E-state index in [4.69, 9.17) is 11.6 Å². The van der Waals surface area contributed by atoms with Crippen molar-refractivity contribution in [1.29, 1.82) is 0 Å². The van der Waals surface area contributed by atoms with Gasteiger partial charge in [-0.25, -0.2) is 4.98 Å². The van der Waals surface area contributed by atoms with Crippen molar-refractivity contribution in [2.24, 2.45) is 0 Å². The fraction of sp³-hybridized carbons (Fsp3) is 0.462. The molecule has 1 aromatic carbocycles. The molecule has 2 fully saturated rings. The monoisotopic (exact) mass is 482 g/mol. The standard InChI is InChI=1S/C26H31ClN4O3/c1-3-23(32)19-8-11-28-24(15-19)29-26(34)22-6-7-25(33)31(22)20-9-12-30(13-10-20)16-18-4-5-21(27)17(2)14-18/h4-5,8,11,14-15,20,22H,3,6-7,9-10,12-13,16H2,1-2H3,(H,28,29,34)/t22-/m1/s1. The average molecular weight is 483 g/mol. The molecular weight excluding hydrogens is 452 g/mol. The van der Waals surface area contributed by atoms with Crippen molar-refractivity contribution < 1.29 is 14.4 Å². The van der Waals surface area contributed by atoms with Gasteiger partial charge in [-0.2, -0.15) is 0 Å². The highest BCUT2D eigenvalue weighted by atomic mass is 35.5. The Hall–Kier alpha value is -2.77. The minimum Gasteiger partial charge on any atom is -0.328 e. The second-order valence-corrected chi connectivity index (χ2v) is 9.55. The molecule has 2 aliphatic heterocycles. The minimum atomic E-state index is -0.504. The zero-order valence-corrected chi connectivity index (χ0v) is 20.5. The van der Waals surface area contributed by atoms with Crippen LogP contribution in [0.4, 0.5) is 5.82 Å². The average Bonchev–Trinajstić information content (AvgIpc) is 3.23. The normalized spacial score (nSPS) is 19.4. The van der Waals surface area contributed by atoms with Crippen LogP contribution in [0.3, 0.4) is 0 Å². The van der Waals surface area contributed by atoms with E-state index in [0.29, 0.717) is 30.6 Å². The molecule has 1 atom stereocenters. The topological polar surface area (TPSA) is 82.6 Å². The van der Waals surface area contributed by atoms with Gasteiger partial charge in [-0.15, -0.1) is 0 Å². The predicted molar refractivity (Wildman–Crippen MR) is 132 cm³/mol. The molecule has 2 aliphatic rings. The number of hydrogen-bond donors (Lipinski definition) is 1. The van der Waals surface area contributed by atoms with Gasteiger partial charge in [0.2, 0.25) is 11.8 Å². The lowest BCUT2D eigenvalue weighted by molar-refractivity contribution is -0.136. The number of nitrogens with one attached hydrogen (secondary N) is 1. The summed E-state index contributed by atoms with van der Waals surface area (Å²) in [6.07, 6.45) is 4.46. The molecule has 1 N–H and O–H groups in total. The van der Waals surface area contributed by atoms with Crippen molar-refractivity contribution in [2.45, 2.75) is 64.6 Å². The zero-order valence-electron chi connectivity index (χ0n) is 19.7. The number of nitrogens with zero attached hydrogens (tertiary/aromatic N) is 3. The molecule has 34 heavy (non-hydrogen) atoms. The Morgan fingerprint density at radius 2 is 1.91 bits per heavy atom. The molecule has 2 aromatic rings. The summed E-state index contributed by atoms with van der Waals surface area (Å²) in [5.41, 5.74) is 2.83. The third-order valence-corrected chi connectivity index (χ3v) is 7.22. The largest absolute Gasteiger partial charge is 0.328 e. The maximum absolute atomic E-state index is 13.1. The summed E-state index contributed by atoms with van der Waals surface area (Å²) >= 11 is 6.14. The second-order valence-electron chi connectivity index (χ2n) is 9.14. The summed E-state index contributed by atoms with van der Waals surface area (Å²) < 4.78 is 0. The molecule has 1 aromatic heterocycles. The summed E-state index contributed by atoms with van der Waals surface area (Å²) in [5, 5.41) is 3.60. The van der Waals surface area contributed by atoms with Crippen molar-refractivity contribution in [3.63, 3.8) is 0 Å². The molecule has 0 radical (unpaired) electrons. The number of rotatable bonds is 7. The Balaban J connectivity index is 1.37. The predicted octanol–water partition coefficient (Wildman–Crippen LogP) is 4.23. The van der Waals surface area contributed by atoms with E-state index < -0.39 is 6.04 Å². The number of aryl methyl sites for hydroxylation is 1. The van der Waals surface area contributed by atoms with Crippen molar-refractivity contribution in [3.8, 4) is 0 Å². The maximum atomic E-state index is 13.1. The lowest BCUT2D eigenvalue weighted by atomic mass is 10.0. The molecule has 180 valence electrons. The third kappa shape index (κ3) is 5.47. The molecule has 0 spiro atoms. The summed E-state index contributed by atoms with van der Waals surface area (Å²) in [4.78, 5) is 46.1. The van der Waals surface area contributed by atoms with E-state index in [9.17, 15) is 14.4 Å². The molecule has 4 rings (SSSR count).